The molecule has 0 atom stereocenters. The Balaban J connectivity index is 2.20. The SMILES string of the molecule is Cc1ccccc1C(=O)NN=C(CC(C)C)c1ccccc1. The number of rotatable bonds is 5. The number of aryl methyl sites for hydroxylation is 1. The molecule has 3 heteroatoms. The summed E-state index contributed by atoms with van der Waals surface area (Å²) in [5.41, 5.74) is 6.24. The van der Waals surface area contributed by atoms with Gasteiger partial charge >= 0.3 is 0 Å². The first kappa shape index (κ1) is 16.0. The molecule has 0 unspecified atom stereocenters. The molecule has 2 aromatic carbocycles. The number of carbonyl (C=O) groups excluding carboxylic acids is 1. The summed E-state index contributed by atoms with van der Waals surface area (Å²) < 4.78 is 0. The smallest absolute Gasteiger partial charge is 0.267 e. The average molecular weight is 294 g/mol. The topological polar surface area (TPSA) is 41.5 Å². The molecule has 0 saturated heterocycles. The van der Waals surface area contributed by atoms with Crippen molar-refractivity contribution in [1.29, 1.82) is 0 Å². The Morgan fingerprint density at radius 1 is 1.05 bits per heavy atom. The van der Waals surface area contributed by atoms with E-state index in [9.17, 15) is 4.79 Å². The van der Waals surface area contributed by atoms with Crippen LogP contribution in [0.15, 0.2) is 59.7 Å². The molecule has 0 radical (unpaired) electrons. The van der Waals surface area contributed by atoms with Crippen molar-refractivity contribution in [3.8, 4) is 0 Å². The van der Waals surface area contributed by atoms with Crippen molar-refractivity contribution in [2.45, 2.75) is 27.2 Å². The third kappa shape index (κ3) is 4.29. The van der Waals surface area contributed by atoms with Gasteiger partial charge < -0.3 is 0 Å². The molecule has 0 fully saturated rings. The van der Waals surface area contributed by atoms with Crippen LogP contribution in [-0.4, -0.2) is 11.6 Å². The highest BCUT2D eigenvalue weighted by molar-refractivity contribution is 6.02. The predicted octanol–water partition coefficient (Wildman–Crippen LogP) is 4.18. The van der Waals surface area contributed by atoms with E-state index in [0.29, 0.717) is 11.5 Å². The van der Waals surface area contributed by atoms with Crippen molar-refractivity contribution in [2.75, 3.05) is 0 Å². The van der Waals surface area contributed by atoms with Gasteiger partial charge in [-0.3, -0.25) is 4.79 Å². The fourth-order valence-electron chi connectivity index (χ4n) is 2.25. The molecule has 1 amide bonds. The summed E-state index contributed by atoms with van der Waals surface area (Å²) >= 11 is 0. The van der Waals surface area contributed by atoms with Gasteiger partial charge in [-0.25, -0.2) is 5.43 Å². The van der Waals surface area contributed by atoms with Gasteiger partial charge in [0.15, 0.2) is 0 Å². The van der Waals surface area contributed by atoms with Crippen molar-refractivity contribution >= 4 is 11.6 Å². The Bertz CT molecular complexity index is 660. The minimum atomic E-state index is -0.171. The Labute approximate surface area is 132 Å². The number of carbonyl (C=O) groups is 1. The van der Waals surface area contributed by atoms with E-state index in [1.54, 1.807) is 0 Å². The highest BCUT2D eigenvalue weighted by Gasteiger charge is 2.10. The summed E-state index contributed by atoms with van der Waals surface area (Å²) in [5, 5.41) is 4.37. The Kier molecular flexibility index (Phi) is 5.48. The summed E-state index contributed by atoms with van der Waals surface area (Å²) in [6.07, 6.45) is 0.818. The maximum Gasteiger partial charge on any atom is 0.271 e. The number of hydrazone groups is 1. The van der Waals surface area contributed by atoms with E-state index in [4.69, 9.17) is 0 Å². The van der Waals surface area contributed by atoms with Crippen LogP contribution < -0.4 is 5.43 Å². The molecular weight excluding hydrogens is 272 g/mol. The van der Waals surface area contributed by atoms with Crippen LogP contribution in [0.25, 0.3) is 0 Å². The minimum absolute atomic E-state index is 0.171. The van der Waals surface area contributed by atoms with Crippen LogP contribution in [0.5, 0.6) is 0 Å². The van der Waals surface area contributed by atoms with Crippen molar-refractivity contribution in [1.82, 2.24) is 5.43 Å². The summed E-state index contributed by atoms with van der Waals surface area (Å²) in [7, 11) is 0. The Hall–Kier alpha value is -2.42. The van der Waals surface area contributed by atoms with Crippen LogP contribution in [0.2, 0.25) is 0 Å². The zero-order chi connectivity index (χ0) is 15.9. The van der Waals surface area contributed by atoms with Crippen molar-refractivity contribution in [2.24, 2.45) is 11.0 Å². The van der Waals surface area contributed by atoms with Gasteiger partial charge in [-0.15, -0.1) is 0 Å². The number of amides is 1. The maximum absolute atomic E-state index is 12.3. The number of nitrogens with one attached hydrogen (secondary N) is 1. The Morgan fingerprint density at radius 2 is 1.68 bits per heavy atom. The number of benzene rings is 2. The lowest BCUT2D eigenvalue weighted by molar-refractivity contribution is 0.0954. The molecule has 114 valence electrons. The van der Waals surface area contributed by atoms with Gasteiger partial charge in [-0.05, 0) is 36.5 Å². The van der Waals surface area contributed by atoms with Crippen LogP contribution >= 0.6 is 0 Å². The summed E-state index contributed by atoms with van der Waals surface area (Å²) in [6.45, 7) is 6.20. The third-order valence-electron chi connectivity index (χ3n) is 3.39. The highest BCUT2D eigenvalue weighted by atomic mass is 16.2. The lowest BCUT2D eigenvalue weighted by Gasteiger charge is -2.10. The zero-order valence-electron chi connectivity index (χ0n) is 13.3. The standard InChI is InChI=1S/C19H22N2O/c1-14(2)13-18(16-10-5-4-6-11-16)20-21-19(22)17-12-8-7-9-15(17)3/h4-12,14H,13H2,1-3H3,(H,21,22). The van der Waals surface area contributed by atoms with E-state index in [2.05, 4.69) is 24.4 Å². The molecule has 0 aromatic heterocycles. The van der Waals surface area contributed by atoms with E-state index in [1.807, 2.05) is 61.5 Å². The molecule has 22 heavy (non-hydrogen) atoms. The molecule has 0 bridgehead atoms. The van der Waals surface area contributed by atoms with Gasteiger partial charge in [-0.1, -0.05) is 62.4 Å². The van der Waals surface area contributed by atoms with E-state index >= 15 is 0 Å². The summed E-state index contributed by atoms with van der Waals surface area (Å²) in [5.74, 6) is 0.296. The molecule has 2 aromatic rings. The van der Waals surface area contributed by atoms with Gasteiger partial charge in [0.05, 0.1) is 5.71 Å². The lowest BCUT2D eigenvalue weighted by atomic mass is 10.0. The molecule has 0 aliphatic heterocycles. The van der Waals surface area contributed by atoms with Crippen molar-refractivity contribution in [3.63, 3.8) is 0 Å². The zero-order valence-corrected chi connectivity index (χ0v) is 13.3. The van der Waals surface area contributed by atoms with Gasteiger partial charge in [0.1, 0.15) is 0 Å². The van der Waals surface area contributed by atoms with Gasteiger partial charge in [0.2, 0.25) is 0 Å². The number of hydrogen-bond acceptors (Lipinski definition) is 2. The van der Waals surface area contributed by atoms with E-state index in [0.717, 1.165) is 23.3 Å². The first-order valence-corrected chi connectivity index (χ1v) is 7.56. The largest absolute Gasteiger partial charge is 0.271 e. The van der Waals surface area contributed by atoms with Crippen LogP contribution in [0.1, 0.15) is 41.8 Å². The molecule has 0 saturated carbocycles. The van der Waals surface area contributed by atoms with Crippen LogP contribution in [0.4, 0.5) is 0 Å². The first-order valence-electron chi connectivity index (χ1n) is 7.56. The fraction of sp³-hybridized carbons (Fsp3) is 0.263. The number of hydrogen-bond donors (Lipinski definition) is 1. The monoisotopic (exact) mass is 294 g/mol. The molecule has 1 N–H and O–H groups in total. The van der Waals surface area contributed by atoms with Gasteiger partial charge in [0, 0.05) is 5.56 Å². The highest BCUT2D eigenvalue weighted by Crippen LogP contribution is 2.11. The van der Waals surface area contributed by atoms with Crippen LogP contribution in [0, 0.1) is 12.8 Å². The molecule has 0 heterocycles. The fourth-order valence-corrected chi connectivity index (χ4v) is 2.25. The molecular formula is C19H22N2O. The van der Waals surface area contributed by atoms with Gasteiger partial charge in [-0.2, -0.15) is 5.10 Å². The summed E-state index contributed by atoms with van der Waals surface area (Å²) in [4.78, 5) is 12.3. The van der Waals surface area contributed by atoms with E-state index < -0.39 is 0 Å². The van der Waals surface area contributed by atoms with Crippen LogP contribution in [-0.2, 0) is 0 Å². The normalized spacial score (nSPS) is 11.5. The first-order chi connectivity index (χ1) is 10.6. The third-order valence-corrected chi connectivity index (χ3v) is 3.39. The second-order valence-electron chi connectivity index (χ2n) is 5.78. The maximum atomic E-state index is 12.3. The molecule has 0 aliphatic carbocycles. The molecule has 3 nitrogen and oxygen atoms in total. The molecule has 0 spiro atoms. The van der Waals surface area contributed by atoms with Crippen molar-refractivity contribution in [3.05, 3.63) is 71.3 Å². The van der Waals surface area contributed by atoms with Gasteiger partial charge in [0.25, 0.3) is 5.91 Å². The second kappa shape index (κ2) is 7.55. The minimum Gasteiger partial charge on any atom is -0.267 e. The average Bonchev–Trinajstić information content (AvgIpc) is 2.52. The number of nitrogens with zero attached hydrogens (tertiary/aromatic N) is 1. The molecule has 0 aliphatic rings. The van der Waals surface area contributed by atoms with E-state index in [1.165, 1.54) is 0 Å². The van der Waals surface area contributed by atoms with E-state index in [-0.39, 0.29) is 5.91 Å². The molecule has 2 rings (SSSR count). The predicted molar refractivity (Wildman–Crippen MR) is 91.1 cm³/mol. The van der Waals surface area contributed by atoms with Crippen LogP contribution in [0.3, 0.4) is 0 Å². The Morgan fingerprint density at radius 3 is 2.32 bits per heavy atom. The summed E-state index contributed by atoms with van der Waals surface area (Å²) in [6, 6.07) is 17.5. The second-order valence-corrected chi connectivity index (χ2v) is 5.78. The lowest BCUT2D eigenvalue weighted by Crippen LogP contribution is -2.21. The van der Waals surface area contributed by atoms with Crippen molar-refractivity contribution < 1.29 is 4.79 Å². The quantitative estimate of drug-likeness (QED) is 0.652.